The van der Waals surface area contributed by atoms with Crippen molar-refractivity contribution in [3.05, 3.63) is 17.5 Å². The fraction of sp³-hybridized carbons (Fsp3) is 0.444. The molecule has 0 radical (unpaired) electrons. The lowest BCUT2D eigenvalue weighted by Gasteiger charge is -2.04. The highest BCUT2D eigenvalue weighted by molar-refractivity contribution is 7.88. The van der Waals surface area contributed by atoms with Crippen LogP contribution in [0.15, 0.2) is 21.7 Å². The van der Waals surface area contributed by atoms with Crippen molar-refractivity contribution in [1.82, 2.24) is 0 Å². The van der Waals surface area contributed by atoms with Gasteiger partial charge in [-0.15, -0.1) is 11.3 Å². The lowest BCUT2D eigenvalue weighted by Crippen LogP contribution is -2.18. The van der Waals surface area contributed by atoms with Crippen molar-refractivity contribution in [2.45, 2.75) is 28.7 Å². The van der Waals surface area contributed by atoms with E-state index in [0.29, 0.717) is 6.42 Å². The first-order valence-corrected chi connectivity index (χ1v) is 6.35. The number of carbonyl (C=O) groups is 1. The Hall–Kier alpha value is -0.480. The van der Waals surface area contributed by atoms with Crippen molar-refractivity contribution in [3.8, 4) is 0 Å². The topological polar surface area (TPSA) is 34.1 Å². The number of hydrogen-bond acceptors (Lipinski definition) is 3. The third-order valence-corrected chi connectivity index (χ3v) is 5.19. The molecule has 2 nitrogen and oxygen atoms in total. The number of thiophene rings is 1. The fourth-order valence-corrected chi connectivity index (χ4v) is 4.10. The van der Waals surface area contributed by atoms with Crippen LogP contribution in [0.1, 0.15) is 19.3 Å². The van der Waals surface area contributed by atoms with Gasteiger partial charge in [-0.3, -0.25) is 9.00 Å². The third-order valence-electron chi connectivity index (χ3n) is 2.20. The zero-order chi connectivity index (χ0) is 9.26. The summed E-state index contributed by atoms with van der Waals surface area (Å²) in [6.45, 7) is 0. The van der Waals surface area contributed by atoms with Gasteiger partial charge in [0.05, 0.1) is 20.3 Å². The third kappa shape index (κ3) is 1.74. The second-order valence-electron chi connectivity index (χ2n) is 3.08. The average Bonchev–Trinajstić information content (AvgIpc) is 2.72. The van der Waals surface area contributed by atoms with Crippen molar-refractivity contribution in [1.29, 1.82) is 0 Å². The molecule has 0 N–H and O–H groups in total. The molecule has 1 saturated carbocycles. The summed E-state index contributed by atoms with van der Waals surface area (Å²) < 4.78 is 12.7. The predicted octanol–water partition coefficient (Wildman–Crippen LogP) is 1.98. The monoisotopic (exact) mass is 214 g/mol. The van der Waals surface area contributed by atoms with Gasteiger partial charge in [0.1, 0.15) is 5.78 Å². The Morgan fingerprint density at radius 2 is 2.38 bits per heavy atom. The first-order valence-electron chi connectivity index (χ1n) is 4.26. The minimum atomic E-state index is -1.09. The first-order chi connectivity index (χ1) is 6.29. The quantitative estimate of drug-likeness (QED) is 0.754. The molecular formula is C9H10O2S2. The van der Waals surface area contributed by atoms with Crippen LogP contribution in [0.5, 0.6) is 0 Å². The van der Waals surface area contributed by atoms with Gasteiger partial charge < -0.3 is 0 Å². The summed E-state index contributed by atoms with van der Waals surface area (Å²) in [6.07, 6.45) is 2.31. The van der Waals surface area contributed by atoms with Crippen LogP contribution in [-0.2, 0) is 15.6 Å². The molecule has 0 aromatic carbocycles. The normalized spacial score (nSPS) is 24.9. The highest BCUT2D eigenvalue weighted by Crippen LogP contribution is 2.26. The lowest BCUT2D eigenvalue weighted by atomic mass is 10.3. The van der Waals surface area contributed by atoms with E-state index >= 15 is 0 Å². The first kappa shape index (κ1) is 9.09. The van der Waals surface area contributed by atoms with Gasteiger partial charge in [0.25, 0.3) is 0 Å². The largest absolute Gasteiger partial charge is 0.298 e. The van der Waals surface area contributed by atoms with E-state index in [1.807, 2.05) is 17.5 Å². The van der Waals surface area contributed by atoms with E-state index in [-0.39, 0.29) is 11.0 Å². The number of Topliss-reactive ketones (excluding diaryl/α,β-unsaturated/α-hetero) is 1. The highest BCUT2D eigenvalue weighted by atomic mass is 32.2. The van der Waals surface area contributed by atoms with Crippen LogP contribution in [0.3, 0.4) is 0 Å². The molecule has 1 heterocycles. The molecular weight excluding hydrogens is 204 g/mol. The maximum Gasteiger partial charge on any atom is 0.148 e. The Morgan fingerprint density at radius 3 is 2.92 bits per heavy atom. The van der Waals surface area contributed by atoms with Crippen LogP contribution < -0.4 is 0 Å². The summed E-state index contributed by atoms with van der Waals surface area (Å²) in [5.41, 5.74) is 0. The van der Waals surface area contributed by atoms with Gasteiger partial charge >= 0.3 is 0 Å². The number of carbonyl (C=O) groups excluding carboxylic acids is 1. The molecule has 0 amide bonds. The molecule has 13 heavy (non-hydrogen) atoms. The Bertz CT molecular complexity index is 329. The van der Waals surface area contributed by atoms with E-state index in [1.54, 1.807) is 0 Å². The molecule has 1 aliphatic rings. The molecule has 2 unspecified atom stereocenters. The van der Waals surface area contributed by atoms with Crippen LogP contribution in [-0.4, -0.2) is 15.2 Å². The summed E-state index contributed by atoms with van der Waals surface area (Å²) >= 11 is 1.47. The van der Waals surface area contributed by atoms with Gasteiger partial charge in [-0.1, -0.05) is 6.07 Å². The summed E-state index contributed by atoms with van der Waals surface area (Å²) in [5.74, 6) is 0.173. The van der Waals surface area contributed by atoms with Gasteiger partial charge in [0.15, 0.2) is 0 Å². The minimum Gasteiger partial charge on any atom is -0.298 e. The molecule has 1 aromatic heterocycles. The van der Waals surface area contributed by atoms with Crippen molar-refractivity contribution in [2.75, 3.05) is 0 Å². The zero-order valence-electron chi connectivity index (χ0n) is 7.06. The van der Waals surface area contributed by atoms with Crippen LogP contribution >= 0.6 is 11.3 Å². The van der Waals surface area contributed by atoms with Crippen LogP contribution in [0.2, 0.25) is 0 Å². The molecule has 2 atom stereocenters. The molecule has 4 heteroatoms. The Morgan fingerprint density at radius 1 is 1.54 bits per heavy atom. The Labute approximate surface area is 83.4 Å². The SMILES string of the molecule is O=C1CCCC1S(=O)c1cccs1. The van der Waals surface area contributed by atoms with Gasteiger partial charge in [-0.2, -0.15) is 0 Å². The molecule has 1 aliphatic carbocycles. The van der Waals surface area contributed by atoms with Gasteiger partial charge in [-0.05, 0) is 24.3 Å². The summed E-state index contributed by atoms with van der Waals surface area (Å²) in [4.78, 5) is 11.3. The molecule has 0 saturated heterocycles. The van der Waals surface area contributed by atoms with E-state index < -0.39 is 10.8 Å². The number of rotatable bonds is 2. The van der Waals surface area contributed by atoms with Crippen LogP contribution in [0.25, 0.3) is 0 Å². The second-order valence-corrected chi connectivity index (χ2v) is 5.89. The van der Waals surface area contributed by atoms with Crippen LogP contribution in [0.4, 0.5) is 0 Å². The van der Waals surface area contributed by atoms with E-state index in [4.69, 9.17) is 0 Å². The zero-order valence-corrected chi connectivity index (χ0v) is 8.70. The maximum absolute atomic E-state index is 11.8. The van der Waals surface area contributed by atoms with Crippen molar-refractivity contribution in [3.63, 3.8) is 0 Å². The number of ketones is 1. The summed E-state index contributed by atoms with van der Waals surface area (Å²) in [6, 6.07) is 3.71. The second kappa shape index (κ2) is 3.72. The van der Waals surface area contributed by atoms with E-state index in [0.717, 1.165) is 17.1 Å². The van der Waals surface area contributed by atoms with E-state index in [9.17, 15) is 9.00 Å². The molecule has 70 valence electrons. The molecule has 1 aromatic rings. The fourth-order valence-electron chi connectivity index (χ4n) is 1.53. The van der Waals surface area contributed by atoms with Crippen molar-refractivity contribution < 1.29 is 9.00 Å². The maximum atomic E-state index is 11.8. The van der Waals surface area contributed by atoms with Crippen molar-refractivity contribution >= 4 is 27.9 Å². The van der Waals surface area contributed by atoms with E-state index in [2.05, 4.69) is 0 Å². The van der Waals surface area contributed by atoms with Gasteiger partial charge in [0.2, 0.25) is 0 Å². The summed E-state index contributed by atoms with van der Waals surface area (Å²) in [7, 11) is -1.09. The summed E-state index contributed by atoms with van der Waals surface area (Å²) in [5, 5.41) is 1.67. The highest BCUT2D eigenvalue weighted by Gasteiger charge is 2.30. The average molecular weight is 214 g/mol. The minimum absolute atomic E-state index is 0.173. The number of hydrogen-bond donors (Lipinski definition) is 0. The van der Waals surface area contributed by atoms with E-state index in [1.165, 1.54) is 11.3 Å². The molecule has 0 spiro atoms. The van der Waals surface area contributed by atoms with Gasteiger partial charge in [-0.25, -0.2) is 0 Å². The Balaban J connectivity index is 2.18. The smallest absolute Gasteiger partial charge is 0.148 e. The standard InChI is InChI=1S/C9H10O2S2/c10-7-3-1-4-8(7)13(11)9-5-2-6-12-9/h2,5-6,8H,1,3-4H2. The molecule has 2 rings (SSSR count). The lowest BCUT2D eigenvalue weighted by molar-refractivity contribution is -0.117. The van der Waals surface area contributed by atoms with Crippen molar-refractivity contribution in [2.24, 2.45) is 0 Å². The molecule has 0 aliphatic heterocycles. The van der Waals surface area contributed by atoms with Crippen LogP contribution in [0, 0.1) is 0 Å². The van der Waals surface area contributed by atoms with Gasteiger partial charge in [0, 0.05) is 6.42 Å². The predicted molar refractivity (Wildman–Crippen MR) is 53.4 cm³/mol. The molecule has 0 bridgehead atoms. The Kier molecular flexibility index (Phi) is 2.60. The molecule has 1 fully saturated rings.